The van der Waals surface area contributed by atoms with Crippen molar-refractivity contribution in [3.63, 3.8) is 0 Å². The van der Waals surface area contributed by atoms with Crippen molar-refractivity contribution >= 4 is 17.3 Å². The van der Waals surface area contributed by atoms with Gasteiger partial charge in [-0.3, -0.25) is 0 Å². The number of piperidine rings is 1. The average molecular weight is 239 g/mol. The summed E-state index contributed by atoms with van der Waals surface area (Å²) in [5.41, 5.74) is 2.28. The van der Waals surface area contributed by atoms with Crippen molar-refractivity contribution < 1.29 is 0 Å². The Morgan fingerprint density at radius 2 is 1.88 bits per heavy atom. The number of rotatable bonds is 1. The van der Waals surface area contributed by atoms with Crippen LogP contribution < -0.4 is 4.90 Å². The lowest BCUT2D eigenvalue weighted by atomic mass is 9.96. The van der Waals surface area contributed by atoms with Gasteiger partial charge in [-0.1, -0.05) is 11.6 Å². The summed E-state index contributed by atoms with van der Waals surface area (Å²) in [6.45, 7) is 6.63. The van der Waals surface area contributed by atoms with Crippen LogP contribution in [0.5, 0.6) is 0 Å². The standard InChI is InChI=1S/C13H19ClN2/c1-9-5-4-6-10(2)16(9)12-7-8-13(14)15-11(12)3/h7-10H,4-6H2,1-3H3. The predicted molar refractivity (Wildman–Crippen MR) is 69.2 cm³/mol. The van der Waals surface area contributed by atoms with E-state index in [0.717, 1.165) is 5.69 Å². The molecule has 2 atom stereocenters. The van der Waals surface area contributed by atoms with Crippen LogP contribution in [0.15, 0.2) is 12.1 Å². The van der Waals surface area contributed by atoms with Gasteiger partial charge in [0.1, 0.15) is 5.15 Å². The van der Waals surface area contributed by atoms with E-state index in [1.165, 1.54) is 24.9 Å². The molecule has 2 unspecified atom stereocenters. The Hall–Kier alpha value is -0.760. The van der Waals surface area contributed by atoms with Crippen LogP contribution >= 0.6 is 11.6 Å². The van der Waals surface area contributed by atoms with E-state index in [-0.39, 0.29) is 0 Å². The SMILES string of the molecule is Cc1nc(Cl)ccc1N1C(C)CCCC1C. The summed E-state index contributed by atoms with van der Waals surface area (Å²) < 4.78 is 0. The Morgan fingerprint density at radius 1 is 1.25 bits per heavy atom. The maximum Gasteiger partial charge on any atom is 0.129 e. The highest BCUT2D eigenvalue weighted by Gasteiger charge is 2.26. The van der Waals surface area contributed by atoms with E-state index in [0.29, 0.717) is 17.2 Å². The number of aryl methyl sites for hydroxylation is 1. The number of hydrogen-bond acceptors (Lipinski definition) is 2. The second kappa shape index (κ2) is 4.62. The number of nitrogens with zero attached hydrogens (tertiary/aromatic N) is 2. The highest BCUT2D eigenvalue weighted by Crippen LogP contribution is 2.31. The fraction of sp³-hybridized carbons (Fsp3) is 0.615. The molecule has 2 heterocycles. The number of anilines is 1. The van der Waals surface area contributed by atoms with Gasteiger partial charge in [-0.05, 0) is 52.2 Å². The van der Waals surface area contributed by atoms with E-state index in [9.17, 15) is 0 Å². The number of aromatic nitrogens is 1. The zero-order valence-electron chi connectivity index (χ0n) is 10.2. The Labute approximate surface area is 103 Å². The quantitative estimate of drug-likeness (QED) is 0.692. The van der Waals surface area contributed by atoms with Gasteiger partial charge in [0.15, 0.2) is 0 Å². The largest absolute Gasteiger partial charge is 0.365 e. The molecule has 0 radical (unpaired) electrons. The van der Waals surface area contributed by atoms with Crippen LogP contribution in [-0.4, -0.2) is 17.1 Å². The minimum absolute atomic E-state index is 0.582. The van der Waals surface area contributed by atoms with E-state index in [2.05, 4.69) is 29.8 Å². The first-order valence-corrected chi connectivity index (χ1v) is 6.39. The maximum atomic E-state index is 5.90. The molecule has 0 aromatic carbocycles. The summed E-state index contributed by atoms with van der Waals surface area (Å²) >= 11 is 5.90. The smallest absolute Gasteiger partial charge is 0.129 e. The first-order chi connectivity index (χ1) is 7.59. The van der Waals surface area contributed by atoms with E-state index >= 15 is 0 Å². The van der Waals surface area contributed by atoms with Gasteiger partial charge in [0, 0.05) is 12.1 Å². The Kier molecular flexibility index (Phi) is 3.38. The fourth-order valence-corrected chi connectivity index (χ4v) is 2.88. The molecule has 2 rings (SSSR count). The third kappa shape index (κ3) is 2.17. The van der Waals surface area contributed by atoms with E-state index < -0.39 is 0 Å². The molecule has 2 nitrogen and oxygen atoms in total. The molecule has 0 bridgehead atoms. The van der Waals surface area contributed by atoms with Crippen molar-refractivity contribution in [1.29, 1.82) is 0 Å². The molecule has 1 saturated heterocycles. The van der Waals surface area contributed by atoms with Gasteiger partial charge in [-0.25, -0.2) is 4.98 Å². The van der Waals surface area contributed by atoms with Crippen molar-refractivity contribution in [3.8, 4) is 0 Å². The molecule has 1 aromatic rings. The second-order valence-corrected chi connectivity index (χ2v) is 5.16. The van der Waals surface area contributed by atoms with Crippen LogP contribution in [0.3, 0.4) is 0 Å². The molecular formula is C13H19ClN2. The van der Waals surface area contributed by atoms with Crippen molar-refractivity contribution in [2.45, 2.75) is 52.1 Å². The minimum Gasteiger partial charge on any atom is -0.365 e. The Morgan fingerprint density at radius 3 is 2.44 bits per heavy atom. The molecule has 0 amide bonds. The topological polar surface area (TPSA) is 16.1 Å². The van der Waals surface area contributed by atoms with Crippen molar-refractivity contribution in [1.82, 2.24) is 4.98 Å². The molecule has 1 aromatic heterocycles. The lowest BCUT2D eigenvalue weighted by Gasteiger charge is -2.41. The lowest BCUT2D eigenvalue weighted by Crippen LogP contribution is -2.44. The van der Waals surface area contributed by atoms with Crippen LogP contribution in [0.2, 0.25) is 5.15 Å². The molecule has 0 N–H and O–H groups in total. The lowest BCUT2D eigenvalue weighted by molar-refractivity contribution is 0.413. The molecule has 1 aliphatic rings. The van der Waals surface area contributed by atoms with E-state index in [4.69, 9.17) is 11.6 Å². The number of pyridine rings is 1. The molecule has 1 aliphatic heterocycles. The highest BCUT2D eigenvalue weighted by molar-refractivity contribution is 6.29. The summed E-state index contributed by atoms with van der Waals surface area (Å²) in [5.74, 6) is 0. The number of hydrogen-bond donors (Lipinski definition) is 0. The van der Waals surface area contributed by atoms with Crippen molar-refractivity contribution in [2.24, 2.45) is 0 Å². The molecular weight excluding hydrogens is 220 g/mol. The van der Waals surface area contributed by atoms with Gasteiger partial charge in [0.25, 0.3) is 0 Å². The normalized spacial score (nSPS) is 25.9. The summed E-state index contributed by atoms with van der Waals surface area (Å²) in [6.07, 6.45) is 3.87. The molecule has 0 aliphatic carbocycles. The number of halogens is 1. The highest BCUT2D eigenvalue weighted by atomic mass is 35.5. The molecule has 0 spiro atoms. The maximum absolute atomic E-state index is 5.90. The predicted octanol–water partition coefficient (Wildman–Crippen LogP) is 3.81. The van der Waals surface area contributed by atoms with Gasteiger partial charge in [-0.2, -0.15) is 0 Å². The van der Waals surface area contributed by atoms with E-state index in [1.807, 2.05) is 13.0 Å². The molecule has 1 fully saturated rings. The Bertz CT molecular complexity index is 368. The van der Waals surface area contributed by atoms with Crippen LogP contribution in [0.1, 0.15) is 38.8 Å². The van der Waals surface area contributed by atoms with Gasteiger partial charge >= 0.3 is 0 Å². The molecule has 0 saturated carbocycles. The summed E-state index contributed by atoms with van der Waals surface area (Å²) in [4.78, 5) is 6.83. The van der Waals surface area contributed by atoms with Crippen LogP contribution in [0.25, 0.3) is 0 Å². The van der Waals surface area contributed by atoms with Crippen LogP contribution in [0, 0.1) is 6.92 Å². The van der Waals surface area contributed by atoms with E-state index in [1.54, 1.807) is 0 Å². The average Bonchev–Trinajstić information content (AvgIpc) is 2.20. The first-order valence-electron chi connectivity index (χ1n) is 6.01. The third-order valence-corrected chi connectivity index (χ3v) is 3.71. The molecule has 88 valence electrons. The summed E-state index contributed by atoms with van der Waals surface area (Å²) in [6, 6.07) is 5.19. The fourth-order valence-electron chi connectivity index (χ4n) is 2.69. The second-order valence-electron chi connectivity index (χ2n) is 4.77. The van der Waals surface area contributed by atoms with Gasteiger partial charge in [-0.15, -0.1) is 0 Å². The molecule has 16 heavy (non-hydrogen) atoms. The van der Waals surface area contributed by atoms with Gasteiger partial charge in [0.2, 0.25) is 0 Å². The monoisotopic (exact) mass is 238 g/mol. The summed E-state index contributed by atoms with van der Waals surface area (Å²) in [7, 11) is 0. The first kappa shape index (κ1) is 11.7. The Balaban J connectivity index is 2.34. The van der Waals surface area contributed by atoms with Crippen molar-refractivity contribution in [3.05, 3.63) is 23.0 Å². The third-order valence-electron chi connectivity index (χ3n) is 3.50. The molecule has 3 heteroatoms. The van der Waals surface area contributed by atoms with Crippen LogP contribution in [0.4, 0.5) is 5.69 Å². The van der Waals surface area contributed by atoms with Gasteiger partial charge < -0.3 is 4.90 Å². The summed E-state index contributed by atoms with van der Waals surface area (Å²) in [5, 5.41) is 0.582. The zero-order valence-corrected chi connectivity index (χ0v) is 11.0. The van der Waals surface area contributed by atoms with Crippen molar-refractivity contribution in [2.75, 3.05) is 4.90 Å². The van der Waals surface area contributed by atoms with Gasteiger partial charge in [0.05, 0.1) is 11.4 Å². The van der Waals surface area contributed by atoms with Crippen LogP contribution in [-0.2, 0) is 0 Å². The zero-order chi connectivity index (χ0) is 11.7. The minimum atomic E-state index is 0.582.